The van der Waals surface area contributed by atoms with Gasteiger partial charge in [0.25, 0.3) is 0 Å². The van der Waals surface area contributed by atoms with E-state index in [1.165, 1.54) is 33.7 Å². The Morgan fingerprint density at radius 1 is 0.647 bits per heavy atom. The maximum absolute atomic E-state index is 14.1. The van der Waals surface area contributed by atoms with E-state index in [4.69, 9.17) is 5.73 Å². The number of primary amides is 1. The summed E-state index contributed by atoms with van der Waals surface area (Å²) in [5.41, 5.74) is 6.53. The van der Waals surface area contributed by atoms with Gasteiger partial charge in [0.2, 0.25) is 35.4 Å². The van der Waals surface area contributed by atoms with Crippen LogP contribution in [0.4, 0.5) is 0 Å². The van der Waals surface area contributed by atoms with Crippen molar-refractivity contribution in [2.45, 2.75) is 125 Å². The lowest BCUT2D eigenvalue weighted by molar-refractivity contribution is -0.152. The van der Waals surface area contributed by atoms with Gasteiger partial charge in [0, 0.05) is 40.5 Å². The van der Waals surface area contributed by atoms with Gasteiger partial charge in [-0.1, -0.05) is 105 Å². The maximum Gasteiger partial charge on any atom is 0.246 e. The van der Waals surface area contributed by atoms with Crippen LogP contribution in [0.1, 0.15) is 93.6 Å². The molecule has 0 radical (unpaired) electrons. The smallest absolute Gasteiger partial charge is 0.246 e. The Labute approximate surface area is 306 Å². The predicted octanol–water partition coefficient (Wildman–Crippen LogP) is 3.71. The number of nitrogens with two attached hydrogens (primary N) is 1. The first-order chi connectivity index (χ1) is 23.7. The fourth-order valence-corrected chi connectivity index (χ4v) is 6.52. The average molecular weight is 715 g/mol. The van der Waals surface area contributed by atoms with Gasteiger partial charge in [-0.05, 0) is 36.7 Å². The van der Waals surface area contributed by atoms with Gasteiger partial charge in [-0.15, -0.1) is 0 Å². The van der Waals surface area contributed by atoms with Gasteiger partial charge in [0.1, 0.15) is 30.2 Å². The molecular weight excluding hydrogens is 648 g/mol. The number of carbonyl (C=O) groups excluding carboxylic acids is 6. The van der Waals surface area contributed by atoms with Crippen LogP contribution in [-0.2, 0) is 35.2 Å². The monoisotopic (exact) mass is 715 g/mol. The molecule has 0 unspecified atom stereocenters. The number of nitrogens with zero attached hydrogens (tertiary/aromatic N) is 4. The van der Waals surface area contributed by atoms with Gasteiger partial charge in [-0.3, -0.25) is 28.8 Å². The third kappa shape index (κ3) is 12.3. The van der Waals surface area contributed by atoms with Gasteiger partial charge < -0.3 is 30.7 Å². The number of benzene rings is 1. The van der Waals surface area contributed by atoms with Crippen molar-refractivity contribution in [3.8, 4) is 0 Å². The molecule has 0 aromatic heterocycles. The van der Waals surface area contributed by atoms with Gasteiger partial charge >= 0.3 is 0 Å². The van der Waals surface area contributed by atoms with E-state index in [0.717, 1.165) is 31.2 Å². The topological polar surface area (TPSA) is 153 Å². The number of rotatable bonds is 20. The van der Waals surface area contributed by atoms with Crippen LogP contribution in [-0.4, -0.2) is 113 Å². The molecule has 0 spiro atoms. The zero-order valence-corrected chi connectivity index (χ0v) is 33.4. The van der Waals surface area contributed by atoms with Crippen molar-refractivity contribution >= 4 is 35.4 Å². The quantitative estimate of drug-likeness (QED) is 0.197. The Hall–Kier alpha value is -3.96. The number of unbranched alkanes of at least 4 members (excludes halogenated alkanes) is 2. The number of hydrogen-bond donors (Lipinski definition) is 2. The van der Waals surface area contributed by atoms with Crippen molar-refractivity contribution in [1.82, 2.24) is 24.9 Å². The van der Waals surface area contributed by atoms with E-state index in [2.05, 4.69) is 12.2 Å². The number of likely N-dealkylation sites (N-methyl/N-ethyl adjacent to an activating group) is 4. The van der Waals surface area contributed by atoms with E-state index in [1.54, 1.807) is 34.9 Å². The fourth-order valence-electron chi connectivity index (χ4n) is 6.52. The van der Waals surface area contributed by atoms with Gasteiger partial charge in [0.05, 0.1) is 0 Å². The molecule has 51 heavy (non-hydrogen) atoms. The molecule has 1 aromatic carbocycles. The first-order valence-electron chi connectivity index (χ1n) is 18.4. The van der Waals surface area contributed by atoms with Gasteiger partial charge in [-0.25, -0.2) is 0 Å². The lowest BCUT2D eigenvalue weighted by Gasteiger charge is -2.39. The minimum Gasteiger partial charge on any atom is -0.368 e. The molecule has 0 bridgehead atoms. The predicted molar refractivity (Wildman–Crippen MR) is 201 cm³/mol. The summed E-state index contributed by atoms with van der Waals surface area (Å²) in [6, 6.07) is 4.56. The second-order valence-electron chi connectivity index (χ2n) is 15.1. The SMILES string of the molecule is CCCCC[C@@H](C)C(=O)N(C)[C@H](C(=O)N(C)[C@H](C(=O)N[C@H](C(=O)N(C)[C@@H](C)C(=O)N(C)[C@@H](Cc1ccccc1)C(N)=O)C(C)C)C(C)C)C(C)C. The first-order valence-corrected chi connectivity index (χ1v) is 18.4. The summed E-state index contributed by atoms with van der Waals surface area (Å²) in [6.45, 7) is 16.5. The van der Waals surface area contributed by atoms with Crippen LogP contribution >= 0.6 is 0 Å². The van der Waals surface area contributed by atoms with Crippen LogP contribution in [0.2, 0.25) is 0 Å². The van der Waals surface area contributed by atoms with E-state index >= 15 is 0 Å². The van der Waals surface area contributed by atoms with E-state index in [0.29, 0.717) is 0 Å². The van der Waals surface area contributed by atoms with Crippen molar-refractivity contribution in [3.05, 3.63) is 35.9 Å². The summed E-state index contributed by atoms with van der Waals surface area (Å²) in [6.07, 6.45) is 3.98. The van der Waals surface area contributed by atoms with Crippen molar-refractivity contribution in [1.29, 1.82) is 0 Å². The minimum atomic E-state index is -1.02. The molecule has 3 N–H and O–H groups in total. The van der Waals surface area contributed by atoms with Crippen LogP contribution < -0.4 is 11.1 Å². The Balaban J connectivity index is 3.22. The molecule has 12 heteroatoms. The highest BCUT2D eigenvalue weighted by Gasteiger charge is 2.41. The molecule has 0 fully saturated rings. The van der Waals surface area contributed by atoms with E-state index in [-0.39, 0.29) is 41.9 Å². The maximum atomic E-state index is 14.1. The standard InChI is InChI=1S/C39H66N6O6/c1-14-15-17-20-27(8)36(48)45(13)33(26(6)7)39(51)44(12)32(25(4)5)35(47)41-31(24(2)3)38(50)42(10)28(9)37(49)43(11)30(34(40)46)23-29-21-18-16-19-22-29/h16,18-19,21-22,24-28,30-33H,14-15,17,20,23H2,1-13H3,(H2,40,46)(H,41,47)/t27-,28+,30+,31+,32+,33+/m1/s1. The van der Waals surface area contributed by atoms with Crippen molar-refractivity contribution in [2.24, 2.45) is 29.4 Å². The Morgan fingerprint density at radius 3 is 1.65 bits per heavy atom. The van der Waals surface area contributed by atoms with Crippen LogP contribution in [0.3, 0.4) is 0 Å². The molecule has 6 atom stereocenters. The number of hydrogen-bond acceptors (Lipinski definition) is 6. The molecule has 6 amide bonds. The van der Waals surface area contributed by atoms with E-state index in [9.17, 15) is 28.8 Å². The summed E-state index contributed by atoms with van der Waals surface area (Å²) in [7, 11) is 6.18. The zero-order chi connectivity index (χ0) is 39.3. The fraction of sp³-hybridized carbons (Fsp3) is 0.692. The van der Waals surface area contributed by atoms with E-state index < -0.39 is 53.8 Å². The largest absolute Gasteiger partial charge is 0.368 e. The van der Waals surface area contributed by atoms with Crippen LogP contribution in [0, 0.1) is 23.7 Å². The molecular formula is C39H66N6O6. The van der Waals surface area contributed by atoms with Crippen LogP contribution in [0.5, 0.6) is 0 Å². The first kappa shape index (κ1) is 45.1. The third-order valence-corrected chi connectivity index (χ3v) is 9.91. The van der Waals surface area contributed by atoms with Crippen molar-refractivity contribution in [3.63, 3.8) is 0 Å². The van der Waals surface area contributed by atoms with Crippen LogP contribution in [0.25, 0.3) is 0 Å². The van der Waals surface area contributed by atoms with Crippen molar-refractivity contribution < 1.29 is 28.8 Å². The molecule has 288 valence electrons. The lowest BCUT2D eigenvalue weighted by Crippen LogP contribution is -2.61. The highest BCUT2D eigenvalue weighted by molar-refractivity contribution is 5.96. The number of amides is 6. The summed E-state index contributed by atoms with van der Waals surface area (Å²) in [4.78, 5) is 86.8. The Bertz CT molecular complexity index is 1320. The van der Waals surface area contributed by atoms with E-state index in [1.807, 2.05) is 65.0 Å². The second kappa shape index (κ2) is 20.8. The molecule has 1 aromatic rings. The summed E-state index contributed by atoms with van der Waals surface area (Å²) in [5.74, 6) is -3.78. The average Bonchev–Trinajstić information content (AvgIpc) is 3.07. The molecule has 12 nitrogen and oxygen atoms in total. The molecule has 0 saturated carbocycles. The molecule has 1 rings (SSSR count). The number of carbonyl (C=O) groups is 6. The van der Waals surface area contributed by atoms with Gasteiger partial charge in [-0.2, -0.15) is 0 Å². The summed E-state index contributed by atoms with van der Waals surface area (Å²) < 4.78 is 0. The molecule has 0 saturated heterocycles. The molecule has 0 aliphatic heterocycles. The van der Waals surface area contributed by atoms with Gasteiger partial charge in [0.15, 0.2) is 0 Å². The molecule has 0 aliphatic rings. The lowest BCUT2D eigenvalue weighted by atomic mass is 9.94. The third-order valence-electron chi connectivity index (χ3n) is 9.91. The summed E-state index contributed by atoms with van der Waals surface area (Å²) in [5, 5.41) is 2.87. The minimum absolute atomic E-state index is 0.109. The second-order valence-corrected chi connectivity index (χ2v) is 15.1. The zero-order valence-electron chi connectivity index (χ0n) is 33.4. The Morgan fingerprint density at radius 2 is 1.18 bits per heavy atom. The number of nitrogens with one attached hydrogen (secondary N) is 1. The molecule has 0 aliphatic carbocycles. The molecule has 0 heterocycles. The Kier molecular flexibility index (Phi) is 18.4. The highest BCUT2D eigenvalue weighted by atomic mass is 16.2. The highest BCUT2D eigenvalue weighted by Crippen LogP contribution is 2.22. The van der Waals surface area contributed by atoms with Crippen molar-refractivity contribution in [2.75, 3.05) is 28.2 Å². The van der Waals surface area contributed by atoms with Crippen LogP contribution in [0.15, 0.2) is 30.3 Å². The normalized spacial score (nSPS) is 15.0. The summed E-state index contributed by atoms with van der Waals surface area (Å²) >= 11 is 0.